The van der Waals surface area contributed by atoms with Crippen LogP contribution in [0.5, 0.6) is 0 Å². The summed E-state index contributed by atoms with van der Waals surface area (Å²) >= 11 is 4.60. The first-order chi connectivity index (χ1) is 17.3. The maximum atomic E-state index is 4.60. The van der Waals surface area contributed by atoms with Gasteiger partial charge >= 0.3 is 217 Å². The minimum absolute atomic E-state index is 0.775. The number of rotatable bonds is 15. The first-order valence-corrected chi connectivity index (χ1v) is 18.7. The van der Waals surface area contributed by atoms with Gasteiger partial charge in [0, 0.05) is 0 Å². The SMILES string of the molecule is CC(C)CCCC(C)CCCC(C)CCCP(Br)(c1ccccc1)(c1ccccc1)c1ccccc1. The van der Waals surface area contributed by atoms with Crippen molar-refractivity contribution in [1.29, 1.82) is 0 Å². The molecule has 0 aromatic heterocycles. The Morgan fingerprint density at radius 2 is 0.833 bits per heavy atom. The zero-order chi connectivity index (χ0) is 25.9. The Labute approximate surface area is 230 Å². The van der Waals surface area contributed by atoms with E-state index in [4.69, 9.17) is 0 Å². The zero-order valence-corrected chi connectivity index (χ0v) is 25.6. The van der Waals surface area contributed by atoms with Crippen molar-refractivity contribution >= 4 is 36.7 Å². The van der Waals surface area contributed by atoms with Crippen LogP contribution in [-0.4, -0.2) is 6.16 Å². The van der Waals surface area contributed by atoms with Crippen molar-refractivity contribution < 1.29 is 0 Å². The van der Waals surface area contributed by atoms with Gasteiger partial charge in [-0.25, -0.2) is 0 Å². The molecule has 2 unspecified atom stereocenters. The molecular weight excluding hydrogens is 519 g/mol. The molecule has 36 heavy (non-hydrogen) atoms. The first-order valence-electron chi connectivity index (χ1n) is 14.2. The van der Waals surface area contributed by atoms with Crippen LogP contribution in [-0.2, 0) is 0 Å². The molecular formula is C34H48BrP. The van der Waals surface area contributed by atoms with E-state index in [1.54, 1.807) is 0 Å². The van der Waals surface area contributed by atoms with Crippen LogP contribution in [0.2, 0.25) is 0 Å². The van der Waals surface area contributed by atoms with E-state index in [9.17, 15) is 0 Å². The molecule has 196 valence electrons. The molecule has 3 aromatic rings. The fourth-order valence-corrected chi connectivity index (χ4v) is 13.5. The molecule has 2 heteroatoms. The third-order valence-corrected chi connectivity index (χ3v) is 18.1. The van der Waals surface area contributed by atoms with Crippen molar-refractivity contribution in [3.05, 3.63) is 91.0 Å². The van der Waals surface area contributed by atoms with E-state index in [-0.39, 0.29) is 0 Å². The van der Waals surface area contributed by atoms with Gasteiger partial charge in [-0.05, 0) is 0 Å². The van der Waals surface area contributed by atoms with Crippen molar-refractivity contribution in [2.75, 3.05) is 6.16 Å². The predicted octanol–water partition coefficient (Wildman–Crippen LogP) is 9.88. The molecule has 0 saturated carbocycles. The molecule has 0 aliphatic carbocycles. The van der Waals surface area contributed by atoms with Gasteiger partial charge in [-0.3, -0.25) is 0 Å². The van der Waals surface area contributed by atoms with Crippen LogP contribution >= 0.6 is 20.8 Å². The molecule has 0 spiro atoms. The summed E-state index contributed by atoms with van der Waals surface area (Å²) in [6.07, 6.45) is 12.0. The van der Waals surface area contributed by atoms with Gasteiger partial charge in [0.15, 0.2) is 0 Å². The van der Waals surface area contributed by atoms with E-state index < -0.39 is 5.31 Å². The molecule has 0 aliphatic heterocycles. The van der Waals surface area contributed by atoms with Crippen molar-refractivity contribution in [2.45, 2.75) is 79.1 Å². The van der Waals surface area contributed by atoms with Gasteiger partial charge < -0.3 is 0 Å². The monoisotopic (exact) mass is 566 g/mol. The topological polar surface area (TPSA) is 0 Å². The molecule has 0 N–H and O–H groups in total. The summed E-state index contributed by atoms with van der Waals surface area (Å²) in [5.74, 6) is 2.49. The fourth-order valence-electron chi connectivity index (χ4n) is 5.77. The molecule has 0 bridgehead atoms. The van der Waals surface area contributed by atoms with Gasteiger partial charge in [0.1, 0.15) is 0 Å². The Morgan fingerprint density at radius 1 is 0.500 bits per heavy atom. The third-order valence-electron chi connectivity index (χ3n) is 8.03. The van der Waals surface area contributed by atoms with Crippen LogP contribution in [0.4, 0.5) is 0 Å². The molecule has 0 amide bonds. The molecule has 0 heterocycles. The van der Waals surface area contributed by atoms with Crippen LogP contribution in [0.1, 0.15) is 79.1 Å². The van der Waals surface area contributed by atoms with E-state index in [2.05, 4.69) is 134 Å². The summed E-state index contributed by atoms with van der Waals surface area (Å²) in [5, 5.41) is 1.54. The number of hydrogen-bond acceptors (Lipinski definition) is 0. The Kier molecular flexibility index (Phi) is 11.3. The molecule has 0 nitrogen and oxygen atoms in total. The molecule has 2 atom stereocenters. The summed E-state index contributed by atoms with van der Waals surface area (Å²) in [6, 6.07) is 33.7. The van der Waals surface area contributed by atoms with E-state index in [0.717, 1.165) is 23.9 Å². The van der Waals surface area contributed by atoms with Crippen molar-refractivity contribution in [2.24, 2.45) is 17.8 Å². The normalized spacial score (nSPS) is 14.8. The van der Waals surface area contributed by atoms with E-state index in [1.807, 2.05) is 0 Å². The van der Waals surface area contributed by atoms with Gasteiger partial charge in [-0.15, -0.1) is 0 Å². The molecule has 0 radical (unpaired) electrons. The van der Waals surface area contributed by atoms with Crippen LogP contribution in [0.15, 0.2) is 91.0 Å². The zero-order valence-electron chi connectivity index (χ0n) is 23.1. The molecule has 0 fully saturated rings. The number of halogens is 1. The average molecular weight is 568 g/mol. The van der Waals surface area contributed by atoms with E-state index in [1.165, 1.54) is 67.3 Å². The summed E-state index contributed by atoms with van der Waals surface area (Å²) in [7, 11) is 0. The van der Waals surface area contributed by atoms with Gasteiger partial charge in [-0.1, -0.05) is 13.8 Å². The summed E-state index contributed by atoms with van der Waals surface area (Å²) < 4.78 is 0. The number of hydrogen-bond donors (Lipinski definition) is 0. The second-order valence-electron chi connectivity index (χ2n) is 11.5. The third kappa shape index (κ3) is 7.33. The summed E-state index contributed by atoms with van der Waals surface area (Å²) in [6.45, 7) is 9.61. The van der Waals surface area contributed by atoms with E-state index >= 15 is 0 Å². The maximum absolute atomic E-state index is 4.60. The van der Waals surface area contributed by atoms with Gasteiger partial charge in [0.2, 0.25) is 0 Å². The Bertz CT molecular complexity index is 900. The minimum atomic E-state index is -2.77. The van der Waals surface area contributed by atoms with Gasteiger partial charge in [0.05, 0.1) is 0 Å². The Morgan fingerprint density at radius 3 is 1.19 bits per heavy atom. The second-order valence-corrected chi connectivity index (χ2v) is 20.6. The Balaban J connectivity index is 1.72. The molecule has 3 rings (SSSR count). The van der Waals surface area contributed by atoms with Crippen molar-refractivity contribution in [3.8, 4) is 0 Å². The van der Waals surface area contributed by atoms with Crippen molar-refractivity contribution in [3.63, 3.8) is 0 Å². The van der Waals surface area contributed by atoms with Crippen LogP contribution in [0.25, 0.3) is 0 Å². The van der Waals surface area contributed by atoms with Crippen LogP contribution in [0, 0.1) is 17.8 Å². The number of benzene rings is 3. The molecule has 0 saturated heterocycles. The molecule has 3 aromatic carbocycles. The van der Waals surface area contributed by atoms with Crippen molar-refractivity contribution in [1.82, 2.24) is 0 Å². The second kappa shape index (κ2) is 13.9. The summed E-state index contributed by atoms with van der Waals surface area (Å²) in [5.41, 5.74) is 0. The van der Waals surface area contributed by atoms with Crippen LogP contribution < -0.4 is 15.9 Å². The van der Waals surface area contributed by atoms with Gasteiger partial charge in [-0.2, -0.15) is 0 Å². The van der Waals surface area contributed by atoms with Gasteiger partial charge in [0.25, 0.3) is 0 Å². The fraction of sp³-hybridized carbons (Fsp3) is 0.471. The predicted molar refractivity (Wildman–Crippen MR) is 169 cm³/mol. The Hall–Kier alpha value is -1.43. The summed E-state index contributed by atoms with van der Waals surface area (Å²) in [4.78, 5) is 0. The first kappa shape index (κ1) is 29.1. The van der Waals surface area contributed by atoms with Crippen LogP contribution in [0.3, 0.4) is 0 Å². The average Bonchev–Trinajstić information content (AvgIpc) is 2.90. The molecule has 0 aliphatic rings. The quantitative estimate of drug-likeness (QED) is 0.160. The standard InChI is InChI=1S/C34H48BrP/c1-29(2)17-14-18-30(3)19-15-20-31(4)21-16-28-36(35,32-22-8-5-9-23-32,33-24-10-6-11-25-33)34-26-12-7-13-27-34/h5-13,22-27,29-31H,14-21,28H2,1-4H3. The van der Waals surface area contributed by atoms with E-state index in [0.29, 0.717) is 0 Å².